The van der Waals surface area contributed by atoms with Crippen LogP contribution in [0.4, 0.5) is 30.9 Å². The number of aryl methyl sites for hydroxylation is 3. The summed E-state index contributed by atoms with van der Waals surface area (Å²) in [4.78, 5) is 2.98. The molecule has 6 aromatic rings. The van der Waals surface area contributed by atoms with E-state index in [4.69, 9.17) is 14.2 Å². The van der Waals surface area contributed by atoms with Gasteiger partial charge in [-0.15, -0.1) is 0 Å². The Kier molecular flexibility index (Phi) is 16.2. The van der Waals surface area contributed by atoms with Crippen molar-refractivity contribution in [2.75, 3.05) is 19.8 Å². The summed E-state index contributed by atoms with van der Waals surface area (Å²) >= 11 is 0. The third-order valence-electron chi connectivity index (χ3n) is 8.79. The van der Waals surface area contributed by atoms with Crippen LogP contribution < -0.4 is 19.2 Å². The van der Waals surface area contributed by atoms with Gasteiger partial charge in [0.25, 0.3) is 0 Å². The van der Waals surface area contributed by atoms with Gasteiger partial charge in [0.1, 0.15) is 35.6 Å². The first-order chi connectivity index (χ1) is 27.7. The molecule has 0 aliphatic carbocycles. The second-order valence-electron chi connectivity index (χ2n) is 12.9. The Morgan fingerprint density at radius 3 is 1.23 bits per heavy atom. The number of hydrogen-bond acceptors (Lipinski definition) is 4. The molecule has 0 fully saturated rings. The predicted molar refractivity (Wildman–Crippen MR) is 205 cm³/mol. The van der Waals surface area contributed by atoms with Crippen LogP contribution in [-0.2, 0) is 25.9 Å². The van der Waals surface area contributed by atoms with Crippen LogP contribution in [0.3, 0.4) is 0 Å². The Morgan fingerprint density at radius 2 is 0.842 bits per heavy atom. The van der Waals surface area contributed by atoms with E-state index in [0.29, 0.717) is 54.8 Å². The van der Waals surface area contributed by atoms with Crippen molar-refractivity contribution in [1.82, 2.24) is 0 Å². The van der Waals surface area contributed by atoms with Crippen molar-refractivity contribution in [3.63, 3.8) is 0 Å². The molecule has 6 rings (SSSR count). The molecule has 298 valence electrons. The molecular formula is C46H41F7O4. The van der Waals surface area contributed by atoms with Gasteiger partial charge in [0.05, 0.1) is 30.9 Å². The number of alkyl halides is 1. The molecule has 4 nitrogen and oxygen atoms in total. The van der Waals surface area contributed by atoms with Gasteiger partial charge in [-0.1, -0.05) is 91.0 Å². The quantitative estimate of drug-likeness (QED) is 0.0494. The maximum atomic E-state index is 14.9. The van der Waals surface area contributed by atoms with Crippen LogP contribution in [0.5, 0.6) is 23.0 Å². The molecule has 0 amide bonds. The third-order valence-corrected chi connectivity index (χ3v) is 8.79. The average Bonchev–Trinajstić information content (AvgIpc) is 3.23. The van der Waals surface area contributed by atoms with Crippen molar-refractivity contribution in [2.45, 2.75) is 45.2 Å². The Balaban J connectivity index is 0.000000486. The summed E-state index contributed by atoms with van der Waals surface area (Å²) in [6, 6.07) is 37.0. The van der Waals surface area contributed by atoms with Crippen molar-refractivity contribution < 1.29 is 50.0 Å². The lowest BCUT2D eigenvalue weighted by molar-refractivity contribution is -0.00711. The van der Waals surface area contributed by atoms with E-state index in [0.717, 1.165) is 50.7 Å². The van der Waals surface area contributed by atoms with Crippen molar-refractivity contribution in [3.05, 3.63) is 179 Å². The molecule has 0 heterocycles. The zero-order valence-electron chi connectivity index (χ0n) is 31.0. The first-order valence-corrected chi connectivity index (χ1v) is 18.4. The van der Waals surface area contributed by atoms with Crippen molar-refractivity contribution in [3.8, 4) is 34.1 Å². The maximum absolute atomic E-state index is 14.9. The fourth-order valence-corrected chi connectivity index (χ4v) is 5.93. The highest BCUT2D eigenvalue weighted by atomic mass is 19.3. The van der Waals surface area contributed by atoms with Gasteiger partial charge in [0.2, 0.25) is 0 Å². The summed E-state index contributed by atoms with van der Waals surface area (Å²) < 4.78 is 110. The molecule has 0 aromatic heterocycles. The summed E-state index contributed by atoms with van der Waals surface area (Å²) in [7, 11) is 0. The fraction of sp³-hybridized carbons (Fsp3) is 0.217. The monoisotopic (exact) mass is 790 g/mol. The second-order valence-corrected chi connectivity index (χ2v) is 12.9. The number of ether oxygens (including phenoxy) is 3. The highest BCUT2D eigenvalue weighted by Crippen LogP contribution is 2.43. The highest BCUT2D eigenvalue weighted by molar-refractivity contribution is 5.78. The van der Waals surface area contributed by atoms with Crippen LogP contribution >= 0.6 is 0 Å². The summed E-state index contributed by atoms with van der Waals surface area (Å²) in [6.07, 6.45) is 4.73. The molecule has 0 atom stereocenters. The van der Waals surface area contributed by atoms with Crippen LogP contribution in [0.25, 0.3) is 11.1 Å². The summed E-state index contributed by atoms with van der Waals surface area (Å²) in [5.74, 6) is -5.93. The zero-order chi connectivity index (χ0) is 40.4. The first kappa shape index (κ1) is 42.2. The van der Waals surface area contributed by atoms with E-state index in [2.05, 4.69) is 41.3 Å². The Morgan fingerprint density at radius 1 is 0.439 bits per heavy atom. The molecule has 0 spiro atoms. The minimum atomic E-state index is -1.65. The Labute approximate surface area is 327 Å². The minimum Gasteiger partial charge on any atom is -0.493 e. The van der Waals surface area contributed by atoms with E-state index >= 15 is 0 Å². The SMILES string of the molecule is FCc1c(F)cc(-c2c(OCCCc3ccccc3)cc(OCCCc3ccccc3)cc2OCCCc2ccccc2)cc1F.FOc1cc(F)c(F)c(F)c1. The van der Waals surface area contributed by atoms with Crippen molar-refractivity contribution in [2.24, 2.45) is 0 Å². The van der Waals surface area contributed by atoms with Crippen molar-refractivity contribution in [1.29, 1.82) is 0 Å². The molecule has 0 saturated carbocycles. The number of hydrogen-bond donors (Lipinski definition) is 0. The fourth-order valence-electron chi connectivity index (χ4n) is 5.93. The molecule has 0 aliphatic heterocycles. The number of benzene rings is 6. The largest absolute Gasteiger partial charge is 0.493 e. The van der Waals surface area contributed by atoms with Gasteiger partial charge < -0.3 is 14.2 Å². The Bertz CT molecular complexity index is 2020. The first-order valence-electron chi connectivity index (χ1n) is 18.4. The molecule has 0 N–H and O–H groups in total. The third kappa shape index (κ3) is 12.8. The molecule has 0 bridgehead atoms. The van der Waals surface area contributed by atoms with Gasteiger partial charge in [0.15, 0.2) is 23.2 Å². The van der Waals surface area contributed by atoms with Gasteiger partial charge in [-0.2, -0.15) is 0 Å². The molecular weight excluding hydrogens is 749 g/mol. The van der Waals surface area contributed by atoms with Crippen LogP contribution in [0.1, 0.15) is 41.5 Å². The van der Waals surface area contributed by atoms with Crippen LogP contribution in [-0.4, -0.2) is 19.8 Å². The van der Waals surface area contributed by atoms with E-state index < -0.39 is 47.1 Å². The molecule has 0 radical (unpaired) electrons. The van der Waals surface area contributed by atoms with E-state index in [1.54, 1.807) is 12.1 Å². The predicted octanol–water partition coefficient (Wildman–Crippen LogP) is 12.5. The maximum Gasteiger partial charge on any atom is 0.194 e. The zero-order valence-corrected chi connectivity index (χ0v) is 31.0. The van der Waals surface area contributed by atoms with Gasteiger partial charge >= 0.3 is 0 Å². The lowest BCUT2D eigenvalue weighted by Gasteiger charge is -2.20. The summed E-state index contributed by atoms with van der Waals surface area (Å²) in [5.41, 5.74) is 3.62. The van der Waals surface area contributed by atoms with E-state index in [-0.39, 0.29) is 5.56 Å². The van der Waals surface area contributed by atoms with Gasteiger partial charge in [-0.05, 0) is 72.9 Å². The normalized spacial score (nSPS) is 10.7. The topological polar surface area (TPSA) is 36.9 Å². The Hall–Kier alpha value is -5.97. The average molecular weight is 791 g/mol. The molecule has 0 unspecified atom stereocenters. The lowest BCUT2D eigenvalue weighted by atomic mass is 10.0. The minimum absolute atomic E-state index is 0.207. The van der Waals surface area contributed by atoms with Crippen molar-refractivity contribution >= 4 is 0 Å². The van der Waals surface area contributed by atoms with Gasteiger partial charge in [0, 0.05) is 28.8 Å². The molecule has 57 heavy (non-hydrogen) atoms. The number of halogens is 7. The smallest absolute Gasteiger partial charge is 0.194 e. The highest BCUT2D eigenvalue weighted by Gasteiger charge is 2.21. The number of rotatable bonds is 18. The van der Waals surface area contributed by atoms with Gasteiger partial charge in [-0.3, -0.25) is 4.94 Å². The standard InChI is InChI=1S/C40H39F3O3.C6H2F4O/c41-29-35-36(42)25-33(26-37(35)43)40-38(45-23-11-20-31-15-6-2-7-16-31)27-34(44-22-10-19-30-13-4-1-5-14-30)28-39(40)46-24-12-21-32-17-8-3-9-18-32;7-4-1-3(11-10)2-5(8)6(4)9/h1-9,13-18,25-28H,10-12,19-24,29H2;1-2H. The van der Waals surface area contributed by atoms with E-state index in [1.807, 2.05) is 54.6 Å². The summed E-state index contributed by atoms with van der Waals surface area (Å²) in [5, 5.41) is 0. The summed E-state index contributed by atoms with van der Waals surface area (Å²) in [6.45, 7) is -0.0519. The lowest BCUT2D eigenvalue weighted by Crippen LogP contribution is -2.07. The van der Waals surface area contributed by atoms with Gasteiger partial charge in [-0.25, -0.2) is 26.3 Å². The van der Waals surface area contributed by atoms with E-state index in [1.165, 1.54) is 16.7 Å². The van der Waals surface area contributed by atoms with E-state index in [9.17, 15) is 30.9 Å². The second kappa shape index (κ2) is 21.9. The molecule has 6 aromatic carbocycles. The molecule has 0 aliphatic rings. The van der Waals surface area contributed by atoms with Crippen LogP contribution in [0, 0.1) is 29.1 Å². The van der Waals surface area contributed by atoms with Crippen LogP contribution in [0.2, 0.25) is 0 Å². The van der Waals surface area contributed by atoms with Crippen LogP contribution in [0.15, 0.2) is 127 Å². The molecule has 0 saturated heterocycles. The molecule has 11 heteroatoms.